The van der Waals surface area contributed by atoms with Crippen molar-refractivity contribution in [3.05, 3.63) is 52.8 Å². The zero-order valence-corrected chi connectivity index (χ0v) is 10.1. The highest BCUT2D eigenvalue weighted by Gasteiger charge is 2.12. The average molecular weight is 296 g/mol. The first-order valence-electron chi connectivity index (χ1n) is 4.69. The lowest BCUT2D eigenvalue weighted by Crippen LogP contribution is -2.14. The minimum absolute atomic E-state index is 0.0521. The van der Waals surface area contributed by atoms with E-state index in [-0.39, 0.29) is 5.56 Å². The first-order valence-corrected chi connectivity index (χ1v) is 5.48. The lowest BCUT2D eigenvalue weighted by Gasteiger charge is -2.06. The van der Waals surface area contributed by atoms with Crippen molar-refractivity contribution >= 4 is 27.5 Å². The summed E-state index contributed by atoms with van der Waals surface area (Å²) in [7, 11) is 0. The molecule has 0 aromatic carbocycles. The molecule has 0 aliphatic heterocycles. The molecule has 2 aromatic rings. The van der Waals surface area contributed by atoms with E-state index in [1.165, 1.54) is 18.5 Å². The van der Waals surface area contributed by atoms with E-state index in [1.54, 1.807) is 12.3 Å². The first-order chi connectivity index (χ1) is 8.18. The predicted octanol–water partition coefficient (Wildman–Crippen LogP) is 2.63. The molecule has 2 heterocycles. The van der Waals surface area contributed by atoms with Crippen LogP contribution in [0.5, 0.6) is 0 Å². The van der Waals surface area contributed by atoms with Crippen molar-refractivity contribution in [1.82, 2.24) is 9.97 Å². The van der Waals surface area contributed by atoms with E-state index >= 15 is 0 Å². The molecule has 0 radical (unpaired) electrons. The molecule has 0 saturated carbocycles. The second-order valence-electron chi connectivity index (χ2n) is 3.17. The molecule has 4 nitrogen and oxygen atoms in total. The van der Waals surface area contributed by atoms with E-state index in [4.69, 9.17) is 0 Å². The molecule has 1 amide bonds. The maximum Gasteiger partial charge on any atom is 0.258 e. The van der Waals surface area contributed by atoms with Crippen molar-refractivity contribution in [2.24, 2.45) is 0 Å². The van der Waals surface area contributed by atoms with Gasteiger partial charge in [-0.15, -0.1) is 0 Å². The SMILES string of the molecule is O=C(Nc1ccncc1Br)c1ccncc1F. The molecule has 86 valence electrons. The number of aromatic nitrogens is 2. The molecule has 0 aliphatic carbocycles. The normalized spacial score (nSPS) is 10.0. The van der Waals surface area contributed by atoms with Crippen LogP contribution in [0.2, 0.25) is 0 Å². The lowest BCUT2D eigenvalue weighted by molar-refractivity contribution is 0.102. The summed E-state index contributed by atoms with van der Waals surface area (Å²) in [6.07, 6.45) is 5.43. The highest BCUT2D eigenvalue weighted by atomic mass is 79.9. The van der Waals surface area contributed by atoms with Gasteiger partial charge < -0.3 is 5.32 Å². The lowest BCUT2D eigenvalue weighted by atomic mass is 10.2. The smallest absolute Gasteiger partial charge is 0.258 e. The molecule has 0 bridgehead atoms. The Labute approximate surface area is 105 Å². The zero-order valence-electron chi connectivity index (χ0n) is 8.52. The number of nitrogens with zero attached hydrogens (tertiary/aromatic N) is 2. The Balaban J connectivity index is 2.24. The van der Waals surface area contributed by atoms with Crippen molar-refractivity contribution in [3.8, 4) is 0 Å². The Morgan fingerprint density at radius 1 is 1.24 bits per heavy atom. The van der Waals surface area contributed by atoms with Crippen molar-refractivity contribution in [2.75, 3.05) is 5.32 Å². The van der Waals surface area contributed by atoms with E-state index in [0.717, 1.165) is 6.20 Å². The fourth-order valence-electron chi connectivity index (χ4n) is 1.23. The highest BCUT2D eigenvalue weighted by Crippen LogP contribution is 2.20. The van der Waals surface area contributed by atoms with E-state index < -0.39 is 11.7 Å². The van der Waals surface area contributed by atoms with Crippen LogP contribution in [0.4, 0.5) is 10.1 Å². The van der Waals surface area contributed by atoms with Gasteiger partial charge in [-0.25, -0.2) is 4.39 Å². The minimum atomic E-state index is -0.657. The molecule has 0 saturated heterocycles. The highest BCUT2D eigenvalue weighted by molar-refractivity contribution is 9.10. The second-order valence-corrected chi connectivity index (χ2v) is 4.02. The summed E-state index contributed by atoms with van der Waals surface area (Å²) in [4.78, 5) is 19.2. The van der Waals surface area contributed by atoms with E-state index in [9.17, 15) is 9.18 Å². The molecule has 0 unspecified atom stereocenters. The standard InChI is InChI=1S/C11H7BrFN3O/c12-8-5-14-4-2-10(8)16-11(17)7-1-3-15-6-9(7)13/h1-6H,(H,14,16,17). The molecule has 0 aliphatic rings. The number of carbonyl (C=O) groups excluding carboxylic acids is 1. The van der Waals surface area contributed by atoms with E-state index in [1.807, 2.05) is 0 Å². The third-order valence-corrected chi connectivity index (χ3v) is 2.67. The second kappa shape index (κ2) is 5.01. The maximum atomic E-state index is 13.3. The summed E-state index contributed by atoms with van der Waals surface area (Å²) in [5, 5.41) is 2.57. The largest absolute Gasteiger partial charge is 0.321 e. The van der Waals surface area contributed by atoms with Crippen molar-refractivity contribution in [2.45, 2.75) is 0 Å². The molecule has 6 heteroatoms. The van der Waals surface area contributed by atoms with Gasteiger partial charge in [-0.05, 0) is 28.1 Å². The van der Waals surface area contributed by atoms with Gasteiger partial charge in [-0.1, -0.05) is 0 Å². The quantitative estimate of drug-likeness (QED) is 0.927. The third-order valence-electron chi connectivity index (χ3n) is 2.04. The van der Waals surface area contributed by atoms with Crippen LogP contribution < -0.4 is 5.32 Å². The number of rotatable bonds is 2. The van der Waals surface area contributed by atoms with Gasteiger partial charge in [0.1, 0.15) is 0 Å². The first kappa shape index (κ1) is 11.7. The Kier molecular flexibility index (Phi) is 3.43. The number of halogens is 2. The summed E-state index contributed by atoms with van der Waals surface area (Å²) < 4.78 is 13.9. The Morgan fingerprint density at radius 2 is 1.94 bits per heavy atom. The molecule has 2 rings (SSSR count). The van der Waals surface area contributed by atoms with Gasteiger partial charge >= 0.3 is 0 Å². The van der Waals surface area contributed by atoms with Gasteiger partial charge in [-0.2, -0.15) is 0 Å². The summed E-state index contributed by atoms with van der Waals surface area (Å²) in [5.41, 5.74) is 0.477. The molecule has 17 heavy (non-hydrogen) atoms. The Bertz CT molecular complexity index is 562. The van der Waals surface area contributed by atoms with Gasteiger partial charge in [0.2, 0.25) is 0 Å². The van der Waals surface area contributed by atoms with E-state index in [2.05, 4.69) is 31.2 Å². The van der Waals surface area contributed by atoms with Crippen LogP contribution in [0.1, 0.15) is 10.4 Å². The van der Waals surface area contributed by atoms with Crippen LogP contribution in [0.15, 0.2) is 41.4 Å². The predicted molar refractivity (Wildman–Crippen MR) is 64.1 cm³/mol. The van der Waals surface area contributed by atoms with Crippen LogP contribution in [-0.2, 0) is 0 Å². The van der Waals surface area contributed by atoms with Crippen molar-refractivity contribution in [1.29, 1.82) is 0 Å². The minimum Gasteiger partial charge on any atom is -0.321 e. The number of anilines is 1. The van der Waals surface area contributed by atoms with Gasteiger partial charge in [0.15, 0.2) is 5.82 Å². The Morgan fingerprint density at radius 3 is 2.65 bits per heavy atom. The fraction of sp³-hybridized carbons (Fsp3) is 0. The van der Waals surface area contributed by atoms with Crippen LogP contribution in [0.3, 0.4) is 0 Å². The zero-order chi connectivity index (χ0) is 12.3. The summed E-state index contributed by atoms with van der Waals surface area (Å²) in [6, 6.07) is 2.93. The molecule has 1 N–H and O–H groups in total. The van der Waals surface area contributed by atoms with Crippen LogP contribution >= 0.6 is 15.9 Å². The fourth-order valence-corrected chi connectivity index (χ4v) is 1.58. The number of amides is 1. The number of pyridine rings is 2. The van der Waals surface area contributed by atoms with Crippen molar-refractivity contribution in [3.63, 3.8) is 0 Å². The van der Waals surface area contributed by atoms with Crippen LogP contribution in [0, 0.1) is 5.82 Å². The molecule has 0 fully saturated rings. The molecular formula is C11H7BrFN3O. The number of hydrogen-bond donors (Lipinski definition) is 1. The monoisotopic (exact) mass is 295 g/mol. The molecule has 0 atom stereocenters. The Hall–Kier alpha value is -1.82. The molecule has 2 aromatic heterocycles. The average Bonchev–Trinajstić information content (AvgIpc) is 2.32. The number of nitrogens with one attached hydrogen (secondary N) is 1. The van der Waals surface area contributed by atoms with Gasteiger partial charge in [0.05, 0.1) is 21.9 Å². The molecular weight excluding hydrogens is 289 g/mol. The molecule has 0 spiro atoms. The van der Waals surface area contributed by atoms with Crippen LogP contribution in [0.25, 0.3) is 0 Å². The summed E-state index contributed by atoms with van der Waals surface area (Å²) >= 11 is 3.23. The topological polar surface area (TPSA) is 54.9 Å². The number of hydrogen-bond acceptors (Lipinski definition) is 3. The van der Waals surface area contributed by atoms with Gasteiger partial charge in [-0.3, -0.25) is 14.8 Å². The summed E-state index contributed by atoms with van der Waals surface area (Å²) in [6.45, 7) is 0. The van der Waals surface area contributed by atoms with Gasteiger partial charge in [0.25, 0.3) is 5.91 Å². The maximum absolute atomic E-state index is 13.3. The van der Waals surface area contributed by atoms with Crippen molar-refractivity contribution < 1.29 is 9.18 Å². The summed E-state index contributed by atoms with van der Waals surface area (Å²) in [5.74, 6) is -1.19. The van der Waals surface area contributed by atoms with E-state index in [0.29, 0.717) is 10.2 Å². The van der Waals surface area contributed by atoms with Gasteiger partial charge in [0, 0.05) is 18.6 Å². The number of carbonyl (C=O) groups is 1. The van der Waals surface area contributed by atoms with Crippen LogP contribution in [-0.4, -0.2) is 15.9 Å². The third kappa shape index (κ3) is 2.65.